The Bertz CT molecular complexity index is 1180. The van der Waals surface area contributed by atoms with Crippen molar-refractivity contribution in [2.24, 2.45) is 0 Å². The number of amides is 2. The highest BCUT2D eigenvalue weighted by Crippen LogP contribution is 2.26. The van der Waals surface area contributed by atoms with Gasteiger partial charge in [-0.3, -0.25) is 5.32 Å². The van der Waals surface area contributed by atoms with Crippen LogP contribution in [0.1, 0.15) is 5.82 Å². The van der Waals surface area contributed by atoms with Crippen molar-refractivity contribution in [3.63, 3.8) is 0 Å². The number of nitrogens with one attached hydrogen (secondary N) is 3. The van der Waals surface area contributed by atoms with Crippen molar-refractivity contribution in [2.45, 2.75) is 6.92 Å². The molecular formula is C21H19N9O. The van der Waals surface area contributed by atoms with E-state index in [1.54, 1.807) is 49.6 Å². The van der Waals surface area contributed by atoms with Crippen molar-refractivity contribution in [1.82, 2.24) is 24.9 Å². The molecule has 0 fully saturated rings. The molecule has 0 saturated heterocycles. The van der Waals surface area contributed by atoms with Gasteiger partial charge in [0, 0.05) is 11.9 Å². The van der Waals surface area contributed by atoms with E-state index >= 15 is 0 Å². The topological polar surface area (TPSA) is 144 Å². The van der Waals surface area contributed by atoms with Gasteiger partial charge in [0.05, 0.1) is 17.4 Å². The highest BCUT2D eigenvalue weighted by molar-refractivity contribution is 5.99. The SMILES string of the molecule is Cc1nc(N)nc(-c2cccnc2Nc2ccc(NC(=O)Nc3ccccc3)nc2)n1. The van der Waals surface area contributed by atoms with Gasteiger partial charge in [-0.05, 0) is 43.3 Å². The van der Waals surface area contributed by atoms with Crippen LogP contribution in [0.25, 0.3) is 11.4 Å². The number of aromatic nitrogens is 5. The Kier molecular flexibility index (Phi) is 5.61. The lowest BCUT2D eigenvalue weighted by atomic mass is 10.2. The van der Waals surface area contributed by atoms with Crippen molar-refractivity contribution in [3.05, 3.63) is 72.8 Å². The molecule has 10 nitrogen and oxygen atoms in total. The first-order valence-electron chi connectivity index (χ1n) is 9.36. The van der Waals surface area contributed by atoms with Crippen molar-refractivity contribution < 1.29 is 4.79 Å². The summed E-state index contributed by atoms with van der Waals surface area (Å²) in [4.78, 5) is 33.3. The van der Waals surface area contributed by atoms with Gasteiger partial charge in [0.1, 0.15) is 17.5 Å². The summed E-state index contributed by atoms with van der Waals surface area (Å²) in [6.45, 7) is 1.74. The summed E-state index contributed by atoms with van der Waals surface area (Å²) in [5.41, 5.74) is 7.79. The van der Waals surface area contributed by atoms with Crippen LogP contribution >= 0.6 is 0 Å². The molecule has 0 aliphatic rings. The van der Waals surface area contributed by atoms with Crippen molar-refractivity contribution in [2.75, 3.05) is 21.7 Å². The minimum absolute atomic E-state index is 0.142. The highest BCUT2D eigenvalue weighted by atomic mass is 16.2. The fourth-order valence-electron chi connectivity index (χ4n) is 2.79. The molecule has 5 N–H and O–H groups in total. The number of nitrogens with two attached hydrogens (primary N) is 1. The maximum Gasteiger partial charge on any atom is 0.324 e. The Morgan fingerprint density at radius 2 is 1.71 bits per heavy atom. The molecule has 3 heterocycles. The lowest BCUT2D eigenvalue weighted by Gasteiger charge is -2.11. The van der Waals surface area contributed by atoms with E-state index in [2.05, 4.69) is 40.9 Å². The molecule has 1 aromatic carbocycles. The second kappa shape index (κ2) is 8.82. The van der Waals surface area contributed by atoms with E-state index < -0.39 is 0 Å². The van der Waals surface area contributed by atoms with Gasteiger partial charge in [-0.1, -0.05) is 18.2 Å². The summed E-state index contributed by atoms with van der Waals surface area (Å²) < 4.78 is 0. The second-order valence-electron chi connectivity index (χ2n) is 6.47. The number of urea groups is 1. The standard InChI is InChI=1S/C21H19N9O/c1-13-25-19(30-20(22)26-13)16-8-5-11-23-18(16)27-15-9-10-17(24-12-15)29-21(31)28-14-6-3-2-4-7-14/h2-12H,1H3,(H,23,27)(H2,22,25,26,30)(H2,24,28,29,31). The molecule has 0 aliphatic heterocycles. The van der Waals surface area contributed by atoms with E-state index in [1.165, 1.54) is 0 Å². The van der Waals surface area contributed by atoms with Gasteiger partial charge < -0.3 is 16.4 Å². The summed E-state index contributed by atoms with van der Waals surface area (Å²) in [5, 5.41) is 8.61. The van der Waals surface area contributed by atoms with Crippen molar-refractivity contribution in [1.29, 1.82) is 0 Å². The monoisotopic (exact) mass is 413 g/mol. The van der Waals surface area contributed by atoms with Gasteiger partial charge in [-0.25, -0.2) is 19.7 Å². The third-order valence-electron chi connectivity index (χ3n) is 4.11. The first kappa shape index (κ1) is 19.7. The predicted molar refractivity (Wildman–Crippen MR) is 119 cm³/mol. The van der Waals surface area contributed by atoms with E-state index in [9.17, 15) is 4.79 Å². The molecule has 0 bridgehead atoms. The van der Waals surface area contributed by atoms with Crippen LogP contribution in [0, 0.1) is 6.92 Å². The number of para-hydroxylation sites is 1. The predicted octanol–water partition coefficient (Wildman–Crippen LogP) is 3.61. The number of aryl methyl sites for hydroxylation is 1. The van der Waals surface area contributed by atoms with Crippen LogP contribution in [0.4, 0.5) is 33.8 Å². The quantitative estimate of drug-likeness (QED) is 0.388. The van der Waals surface area contributed by atoms with Gasteiger partial charge in [0.2, 0.25) is 5.95 Å². The van der Waals surface area contributed by atoms with Crippen molar-refractivity contribution >= 4 is 35.0 Å². The third kappa shape index (κ3) is 5.07. The average molecular weight is 413 g/mol. The Morgan fingerprint density at radius 3 is 2.45 bits per heavy atom. The summed E-state index contributed by atoms with van der Waals surface area (Å²) in [7, 11) is 0. The number of hydrogen-bond acceptors (Lipinski definition) is 8. The fourth-order valence-corrected chi connectivity index (χ4v) is 2.79. The molecule has 0 saturated carbocycles. The van der Waals surface area contributed by atoms with Crippen LogP contribution in [-0.2, 0) is 0 Å². The maximum absolute atomic E-state index is 12.1. The fraction of sp³-hybridized carbons (Fsp3) is 0.0476. The number of carbonyl (C=O) groups is 1. The number of hydrogen-bond donors (Lipinski definition) is 4. The molecule has 3 aromatic heterocycles. The van der Waals surface area contributed by atoms with Gasteiger partial charge in [0.15, 0.2) is 5.82 Å². The minimum Gasteiger partial charge on any atom is -0.368 e. The normalized spacial score (nSPS) is 10.4. The molecule has 0 atom stereocenters. The summed E-state index contributed by atoms with van der Waals surface area (Å²) in [6.07, 6.45) is 3.24. The molecule has 2 amide bonds. The Balaban J connectivity index is 1.47. The Hall–Kier alpha value is -4.60. The number of carbonyl (C=O) groups excluding carboxylic acids is 1. The second-order valence-corrected chi connectivity index (χ2v) is 6.47. The molecule has 0 spiro atoms. The summed E-state index contributed by atoms with van der Waals surface area (Å²) in [6, 6.07) is 15.8. The van der Waals surface area contributed by atoms with E-state index in [4.69, 9.17) is 5.73 Å². The van der Waals surface area contributed by atoms with Crippen LogP contribution in [0.15, 0.2) is 67.0 Å². The maximum atomic E-state index is 12.1. The smallest absolute Gasteiger partial charge is 0.324 e. The number of benzene rings is 1. The molecule has 31 heavy (non-hydrogen) atoms. The largest absolute Gasteiger partial charge is 0.368 e. The zero-order chi connectivity index (χ0) is 21.6. The zero-order valence-corrected chi connectivity index (χ0v) is 16.6. The number of nitrogen functional groups attached to an aromatic ring is 1. The lowest BCUT2D eigenvalue weighted by Crippen LogP contribution is -2.19. The molecule has 0 aliphatic carbocycles. The number of nitrogens with zero attached hydrogens (tertiary/aromatic N) is 5. The van der Waals surface area contributed by atoms with Gasteiger partial charge >= 0.3 is 6.03 Å². The summed E-state index contributed by atoms with van der Waals surface area (Å²) >= 11 is 0. The van der Waals surface area contributed by atoms with Gasteiger partial charge in [0.25, 0.3) is 0 Å². The lowest BCUT2D eigenvalue weighted by molar-refractivity contribution is 0.262. The van der Waals surface area contributed by atoms with E-state index in [-0.39, 0.29) is 12.0 Å². The van der Waals surface area contributed by atoms with Crippen LogP contribution in [0.5, 0.6) is 0 Å². The van der Waals surface area contributed by atoms with Crippen LogP contribution < -0.4 is 21.7 Å². The average Bonchev–Trinajstić information content (AvgIpc) is 2.75. The van der Waals surface area contributed by atoms with Crippen LogP contribution in [0.3, 0.4) is 0 Å². The number of rotatable bonds is 5. The van der Waals surface area contributed by atoms with Crippen molar-refractivity contribution in [3.8, 4) is 11.4 Å². The van der Waals surface area contributed by atoms with Crippen LogP contribution in [-0.4, -0.2) is 31.0 Å². The van der Waals surface area contributed by atoms with Gasteiger partial charge in [-0.2, -0.15) is 9.97 Å². The Labute approximate surface area is 178 Å². The van der Waals surface area contributed by atoms with Gasteiger partial charge in [-0.15, -0.1) is 0 Å². The van der Waals surface area contributed by atoms with E-state index in [0.717, 1.165) is 0 Å². The molecule has 0 radical (unpaired) electrons. The molecular weight excluding hydrogens is 394 g/mol. The molecule has 154 valence electrons. The Morgan fingerprint density at radius 1 is 0.871 bits per heavy atom. The number of anilines is 5. The third-order valence-corrected chi connectivity index (χ3v) is 4.11. The first-order chi connectivity index (χ1) is 15.1. The van der Waals surface area contributed by atoms with Crippen LogP contribution in [0.2, 0.25) is 0 Å². The molecule has 10 heteroatoms. The number of pyridine rings is 2. The zero-order valence-electron chi connectivity index (χ0n) is 16.6. The summed E-state index contributed by atoms with van der Waals surface area (Å²) in [5.74, 6) is 2.02. The van der Waals surface area contributed by atoms with E-state index in [1.807, 2.05) is 24.3 Å². The molecule has 4 aromatic rings. The molecule has 0 unspecified atom stereocenters. The molecule has 4 rings (SSSR count). The highest BCUT2D eigenvalue weighted by Gasteiger charge is 2.12. The minimum atomic E-state index is -0.380. The van der Waals surface area contributed by atoms with E-state index in [0.29, 0.717) is 40.2 Å². The first-order valence-corrected chi connectivity index (χ1v) is 9.36.